The van der Waals surface area contributed by atoms with E-state index in [1.165, 1.54) is 12.5 Å². The molecule has 0 atom stereocenters. The molecule has 2 aromatic rings. The van der Waals surface area contributed by atoms with E-state index in [9.17, 15) is 13.2 Å². The highest BCUT2D eigenvalue weighted by Crippen LogP contribution is 2.21. The van der Waals surface area contributed by atoms with Crippen LogP contribution in [0, 0.1) is 20.8 Å². The van der Waals surface area contributed by atoms with Gasteiger partial charge in [0.25, 0.3) is 5.91 Å². The van der Waals surface area contributed by atoms with Gasteiger partial charge in [-0.15, -0.1) is 0 Å². The zero-order valence-electron chi connectivity index (χ0n) is 13.7. The van der Waals surface area contributed by atoms with E-state index in [1.54, 1.807) is 38.1 Å². The molecule has 7 nitrogen and oxygen atoms in total. The van der Waals surface area contributed by atoms with Gasteiger partial charge in [0.05, 0.1) is 23.9 Å². The third-order valence-corrected chi connectivity index (χ3v) is 4.93. The molecule has 0 saturated carbocycles. The van der Waals surface area contributed by atoms with Crippen LogP contribution >= 0.6 is 0 Å². The molecular weight excluding hydrogens is 330 g/mol. The van der Waals surface area contributed by atoms with Crippen molar-refractivity contribution in [2.75, 3.05) is 6.54 Å². The van der Waals surface area contributed by atoms with Crippen molar-refractivity contribution in [2.24, 2.45) is 5.10 Å². The number of hydrogen-bond donors (Lipinski definition) is 2. The number of carbonyl (C=O) groups excluding carboxylic acids is 1. The van der Waals surface area contributed by atoms with Crippen molar-refractivity contribution >= 4 is 22.1 Å². The van der Waals surface area contributed by atoms with Crippen LogP contribution in [0.15, 0.2) is 44.9 Å². The highest BCUT2D eigenvalue weighted by Gasteiger charge is 2.20. The summed E-state index contributed by atoms with van der Waals surface area (Å²) in [5.41, 5.74) is 4.48. The van der Waals surface area contributed by atoms with E-state index in [0.717, 1.165) is 5.56 Å². The zero-order valence-corrected chi connectivity index (χ0v) is 14.5. The molecule has 1 amide bonds. The summed E-state index contributed by atoms with van der Waals surface area (Å²) in [6, 6.07) is 6.93. The smallest absolute Gasteiger partial charge is 0.255 e. The highest BCUT2D eigenvalue weighted by atomic mass is 32.2. The van der Waals surface area contributed by atoms with Crippen LogP contribution in [0.4, 0.5) is 0 Å². The Morgan fingerprint density at radius 1 is 1.25 bits per heavy atom. The minimum Gasteiger partial charge on any atom is -0.463 e. The Kier molecular flexibility index (Phi) is 5.53. The Labute approximate surface area is 140 Å². The van der Waals surface area contributed by atoms with Gasteiger partial charge in [0.15, 0.2) is 0 Å². The van der Waals surface area contributed by atoms with E-state index in [4.69, 9.17) is 4.42 Å². The third-order valence-electron chi connectivity index (χ3n) is 3.22. The number of hydrogen-bond acceptors (Lipinski definition) is 5. The summed E-state index contributed by atoms with van der Waals surface area (Å²) in [5, 5.41) is 3.68. The molecule has 0 fully saturated rings. The average Bonchev–Trinajstić information content (AvgIpc) is 2.97. The molecule has 0 bridgehead atoms. The summed E-state index contributed by atoms with van der Waals surface area (Å²) in [6.07, 6.45) is 2.80. The average molecular weight is 349 g/mol. The number of aryl methyl sites for hydroxylation is 3. The Bertz CT molecular complexity index is 832. The second kappa shape index (κ2) is 7.41. The minimum atomic E-state index is -3.78. The Morgan fingerprint density at radius 2 is 1.92 bits per heavy atom. The molecule has 1 aromatic heterocycles. The molecule has 0 aliphatic heterocycles. The molecule has 24 heavy (non-hydrogen) atoms. The van der Waals surface area contributed by atoms with Crippen LogP contribution in [0.5, 0.6) is 0 Å². The van der Waals surface area contributed by atoms with Crippen molar-refractivity contribution < 1.29 is 17.6 Å². The number of carbonyl (C=O) groups is 1. The van der Waals surface area contributed by atoms with Gasteiger partial charge in [-0.05, 0) is 44.0 Å². The predicted molar refractivity (Wildman–Crippen MR) is 90.3 cm³/mol. The van der Waals surface area contributed by atoms with Crippen LogP contribution in [0.3, 0.4) is 0 Å². The molecule has 0 aliphatic carbocycles. The van der Waals surface area contributed by atoms with Crippen LogP contribution in [-0.4, -0.2) is 27.1 Å². The molecular formula is C16H19N3O4S. The summed E-state index contributed by atoms with van der Waals surface area (Å²) in [7, 11) is -3.78. The van der Waals surface area contributed by atoms with Crippen molar-refractivity contribution in [3.05, 3.63) is 53.0 Å². The number of amides is 1. The fourth-order valence-electron chi connectivity index (χ4n) is 2.40. The van der Waals surface area contributed by atoms with Crippen LogP contribution in [0.1, 0.15) is 22.5 Å². The molecule has 0 saturated heterocycles. The first-order chi connectivity index (χ1) is 11.3. The Hall–Kier alpha value is -2.45. The lowest BCUT2D eigenvalue weighted by Gasteiger charge is -2.12. The fraction of sp³-hybridized carbons (Fsp3) is 0.250. The van der Waals surface area contributed by atoms with Gasteiger partial charge in [-0.2, -0.15) is 5.10 Å². The molecule has 1 heterocycles. The van der Waals surface area contributed by atoms with Gasteiger partial charge in [0.1, 0.15) is 5.76 Å². The molecule has 0 aliphatic rings. The lowest BCUT2D eigenvalue weighted by Crippen LogP contribution is -2.35. The second-order valence-corrected chi connectivity index (χ2v) is 7.06. The SMILES string of the molecule is Cc1cc(C)c(S(=O)(=O)NCC(=O)N/N=C\c2ccco2)c(C)c1. The highest BCUT2D eigenvalue weighted by molar-refractivity contribution is 7.89. The van der Waals surface area contributed by atoms with E-state index < -0.39 is 22.5 Å². The van der Waals surface area contributed by atoms with E-state index in [2.05, 4.69) is 15.2 Å². The summed E-state index contributed by atoms with van der Waals surface area (Å²) >= 11 is 0. The van der Waals surface area contributed by atoms with Crippen molar-refractivity contribution in [1.29, 1.82) is 0 Å². The number of furan rings is 1. The maximum Gasteiger partial charge on any atom is 0.255 e. The second-order valence-electron chi connectivity index (χ2n) is 5.36. The predicted octanol–water partition coefficient (Wildman–Crippen LogP) is 1.63. The van der Waals surface area contributed by atoms with Gasteiger partial charge < -0.3 is 4.42 Å². The monoisotopic (exact) mass is 349 g/mol. The largest absolute Gasteiger partial charge is 0.463 e. The Balaban J connectivity index is 1.99. The van der Waals surface area contributed by atoms with Gasteiger partial charge in [0, 0.05) is 0 Å². The lowest BCUT2D eigenvalue weighted by molar-refractivity contribution is -0.119. The lowest BCUT2D eigenvalue weighted by atomic mass is 10.1. The minimum absolute atomic E-state index is 0.194. The van der Waals surface area contributed by atoms with Gasteiger partial charge in [-0.1, -0.05) is 17.7 Å². The third kappa shape index (κ3) is 4.53. The molecule has 0 spiro atoms. The molecule has 2 rings (SSSR count). The summed E-state index contributed by atoms with van der Waals surface area (Å²) < 4.78 is 32.1. The first-order valence-corrected chi connectivity index (χ1v) is 8.71. The number of hydrazone groups is 1. The van der Waals surface area contributed by atoms with E-state index >= 15 is 0 Å². The van der Waals surface area contributed by atoms with Crippen LogP contribution < -0.4 is 10.1 Å². The standard InChI is InChI=1S/C16H19N3O4S/c1-11-7-12(2)16(13(3)8-11)24(21,22)18-10-15(20)19-17-9-14-5-4-6-23-14/h4-9,18H,10H2,1-3H3,(H,19,20)/b17-9-. The topological polar surface area (TPSA) is 101 Å². The van der Waals surface area contributed by atoms with Crippen LogP contribution in [0.2, 0.25) is 0 Å². The van der Waals surface area contributed by atoms with Crippen LogP contribution in [0.25, 0.3) is 0 Å². The number of benzene rings is 1. The first-order valence-electron chi connectivity index (χ1n) is 7.22. The number of rotatable bonds is 6. The number of nitrogens with zero attached hydrogens (tertiary/aromatic N) is 1. The zero-order chi connectivity index (χ0) is 17.7. The molecule has 0 unspecified atom stereocenters. The summed E-state index contributed by atoms with van der Waals surface area (Å²) in [6.45, 7) is 4.93. The van der Waals surface area contributed by atoms with Crippen molar-refractivity contribution in [3.63, 3.8) is 0 Å². The van der Waals surface area contributed by atoms with Crippen molar-refractivity contribution in [1.82, 2.24) is 10.1 Å². The molecule has 8 heteroatoms. The van der Waals surface area contributed by atoms with Gasteiger partial charge >= 0.3 is 0 Å². The maximum atomic E-state index is 12.4. The van der Waals surface area contributed by atoms with E-state index in [1.807, 2.05) is 6.92 Å². The van der Waals surface area contributed by atoms with E-state index in [-0.39, 0.29) is 4.90 Å². The molecule has 128 valence electrons. The van der Waals surface area contributed by atoms with Crippen molar-refractivity contribution in [2.45, 2.75) is 25.7 Å². The van der Waals surface area contributed by atoms with Crippen LogP contribution in [-0.2, 0) is 14.8 Å². The van der Waals surface area contributed by atoms with E-state index in [0.29, 0.717) is 16.9 Å². The quantitative estimate of drug-likeness (QED) is 0.611. The summed E-state index contributed by atoms with van der Waals surface area (Å²) in [4.78, 5) is 11.9. The normalized spacial score (nSPS) is 11.8. The molecule has 1 aromatic carbocycles. The maximum absolute atomic E-state index is 12.4. The van der Waals surface area contributed by atoms with Gasteiger partial charge in [-0.3, -0.25) is 4.79 Å². The van der Waals surface area contributed by atoms with Gasteiger partial charge in [-0.25, -0.2) is 18.6 Å². The number of sulfonamides is 1. The number of nitrogens with one attached hydrogen (secondary N) is 2. The first kappa shape index (κ1) is 17.9. The Morgan fingerprint density at radius 3 is 2.50 bits per heavy atom. The molecule has 2 N–H and O–H groups in total. The molecule has 0 radical (unpaired) electrons. The van der Waals surface area contributed by atoms with Crippen molar-refractivity contribution in [3.8, 4) is 0 Å². The van der Waals surface area contributed by atoms with Gasteiger partial charge in [0.2, 0.25) is 10.0 Å². The fourth-order valence-corrected chi connectivity index (χ4v) is 3.83. The summed E-state index contributed by atoms with van der Waals surface area (Å²) in [5.74, 6) is -0.106.